The Morgan fingerprint density at radius 2 is 1.64 bits per heavy atom. The molecule has 4 nitrogen and oxygen atoms in total. The van der Waals surface area contributed by atoms with Gasteiger partial charge in [-0.1, -0.05) is 31.5 Å². The number of amides is 2. The van der Waals surface area contributed by atoms with Gasteiger partial charge in [0.25, 0.3) is 0 Å². The third-order valence-corrected chi connectivity index (χ3v) is 4.05. The number of carbonyl (C=O) groups excluding carboxylic acids is 2. The van der Waals surface area contributed by atoms with E-state index in [0.717, 1.165) is 37.2 Å². The van der Waals surface area contributed by atoms with E-state index < -0.39 is 0 Å². The van der Waals surface area contributed by atoms with Crippen LogP contribution in [-0.4, -0.2) is 41.3 Å². The molecule has 1 aromatic carbocycles. The van der Waals surface area contributed by atoms with Crippen molar-refractivity contribution in [3.05, 3.63) is 29.8 Å². The minimum Gasteiger partial charge on any atom is -0.342 e. The summed E-state index contributed by atoms with van der Waals surface area (Å²) in [5.41, 5.74) is 1.95. The Bertz CT molecular complexity index is 468. The molecule has 0 fully saturated rings. The zero-order valence-corrected chi connectivity index (χ0v) is 14.5. The number of thioether (sulfide) groups is 1. The molecule has 0 aliphatic rings. The summed E-state index contributed by atoms with van der Waals surface area (Å²) >= 11 is 1.37. The van der Waals surface area contributed by atoms with Crippen molar-refractivity contribution in [3.63, 3.8) is 0 Å². The Labute approximate surface area is 137 Å². The van der Waals surface area contributed by atoms with Gasteiger partial charge < -0.3 is 10.2 Å². The fraction of sp³-hybridized carbons (Fsp3) is 0.529. The number of carbonyl (C=O) groups is 2. The summed E-state index contributed by atoms with van der Waals surface area (Å²) in [6.07, 6.45) is 1.93. The fourth-order valence-electron chi connectivity index (χ4n) is 2.06. The van der Waals surface area contributed by atoms with Crippen molar-refractivity contribution in [2.45, 2.75) is 33.6 Å². The first-order valence-electron chi connectivity index (χ1n) is 7.78. The lowest BCUT2D eigenvalue weighted by atomic mass is 10.2. The van der Waals surface area contributed by atoms with Crippen LogP contribution in [0.4, 0.5) is 5.69 Å². The lowest BCUT2D eigenvalue weighted by molar-refractivity contribution is -0.128. The van der Waals surface area contributed by atoms with Gasteiger partial charge in [0, 0.05) is 18.8 Å². The first-order valence-corrected chi connectivity index (χ1v) is 8.94. The van der Waals surface area contributed by atoms with Crippen LogP contribution in [-0.2, 0) is 9.59 Å². The Kier molecular flexibility index (Phi) is 8.67. The second-order valence-electron chi connectivity index (χ2n) is 5.29. The van der Waals surface area contributed by atoms with Crippen LogP contribution in [0.2, 0.25) is 0 Å². The number of anilines is 1. The van der Waals surface area contributed by atoms with Crippen molar-refractivity contribution in [2.75, 3.05) is 29.9 Å². The van der Waals surface area contributed by atoms with E-state index in [0.29, 0.717) is 11.5 Å². The molecule has 1 N–H and O–H groups in total. The third-order valence-electron chi connectivity index (χ3n) is 3.13. The van der Waals surface area contributed by atoms with Crippen molar-refractivity contribution >= 4 is 29.3 Å². The predicted octanol–water partition coefficient (Wildman–Crippen LogP) is 3.32. The average Bonchev–Trinajstić information content (AvgIpc) is 2.49. The molecule has 0 spiro atoms. The quantitative estimate of drug-likeness (QED) is 0.759. The van der Waals surface area contributed by atoms with Crippen molar-refractivity contribution in [2.24, 2.45) is 0 Å². The van der Waals surface area contributed by atoms with Gasteiger partial charge in [0.15, 0.2) is 0 Å². The van der Waals surface area contributed by atoms with E-state index in [1.54, 1.807) is 0 Å². The van der Waals surface area contributed by atoms with Crippen molar-refractivity contribution in [1.29, 1.82) is 0 Å². The minimum absolute atomic E-state index is 0.0702. The lowest BCUT2D eigenvalue weighted by Gasteiger charge is -2.21. The molecule has 0 atom stereocenters. The van der Waals surface area contributed by atoms with Gasteiger partial charge >= 0.3 is 0 Å². The molecule has 0 aliphatic carbocycles. The molecule has 2 amide bonds. The van der Waals surface area contributed by atoms with Crippen LogP contribution >= 0.6 is 11.8 Å². The number of hydrogen-bond acceptors (Lipinski definition) is 3. The topological polar surface area (TPSA) is 49.4 Å². The summed E-state index contributed by atoms with van der Waals surface area (Å²) in [5, 5.41) is 2.84. The van der Waals surface area contributed by atoms with E-state index in [-0.39, 0.29) is 11.8 Å². The highest BCUT2D eigenvalue weighted by atomic mass is 32.2. The third kappa shape index (κ3) is 6.98. The van der Waals surface area contributed by atoms with Gasteiger partial charge in [-0.05, 0) is 31.9 Å². The molecular formula is C17H26N2O2S. The SMILES string of the molecule is CCCN(CCC)C(=O)CSCC(=O)Nc1ccc(C)cc1. The summed E-state index contributed by atoms with van der Waals surface area (Å²) in [4.78, 5) is 25.8. The molecule has 0 aromatic heterocycles. The summed E-state index contributed by atoms with van der Waals surface area (Å²) in [6, 6.07) is 7.68. The highest BCUT2D eigenvalue weighted by Gasteiger charge is 2.12. The van der Waals surface area contributed by atoms with Gasteiger partial charge in [0.05, 0.1) is 11.5 Å². The van der Waals surface area contributed by atoms with Crippen LogP contribution in [0.1, 0.15) is 32.3 Å². The molecular weight excluding hydrogens is 296 g/mol. The first kappa shape index (κ1) is 18.6. The van der Waals surface area contributed by atoms with Crippen LogP contribution in [0.5, 0.6) is 0 Å². The average molecular weight is 322 g/mol. The van der Waals surface area contributed by atoms with Crippen LogP contribution in [0.15, 0.2) is 24.3 Å². The molecule has 0 aliphatic heterocycles. The van der Waals surface area contributed by atoms with E-state index in [9.17, 15) is 9.59 Å². The number of nitrogens with zero attached hydrogens (tertiary/aromatic N) is 1. The zero-order valence-electron chi connectivity index (χ0n) is 13.7. The largest absolute Gasteiger partial charge is 0.342 e. The number of hydrogen-bond donors (Lipinski definition) is 1. The van der Waals surface area contributed by atoms with E-state index >= 15 is 0 Å². The fourth-order valence-corrected chi connectivity index (χ4v) is 2.77. The molecule has 5 heteroatoms. The summed E-state index contributed by atoms with van der Waals surface area (Å²) in [7, 11) is 0. The van der Waals surface area contributed by atoms with Crippen LogP contribution < -0.4 is 5.32 Å². The number of benzene rings is 1. The second-order valence-corrected chi connectivity index (χ2v) is 6.27. The number of aryl methyl sites for hydroxylation is 1. The molecule has 1 rings (SSSR count). The molecule has 1 aromatic rings. The first-order chi connectivity index (χ1) is 10.6. The van der Waals surface area contributed by atoms with Crippen molar-refractivity contribution < 1.29 is 9.59 Å². The van der Waals surface area contributed by atoms with Crippen molar-refractivity contribution in [1.82, 2.24) is 4.90 Å². The van der Waals surface area contributed by atoms with E-state index in [1.807, 2.05) is 36.1 Å². The standard InChI is InChI=1S/C17H26N2O2S/c1-4-10-19(11-5-2)17(21)13-22-12-16(20)18-15-8-6-14(3)7-9-15/h6-9H,4-5,10-13H2,1-3H3,(H,18,20). The van der Waals surface area contributed by atoms with Gasteiger partial charge in [-0.15, -0.1) is 11.8 Å². The maximum Gasteiger partial charge on any atom is 0.234 e. The van der Waals surface area contributed by atoms with Crippen LogP contribution in [0.3, 0.4) is 0 Å². The van der Waals surface area contributed by atoms with Crippen LogP contribution in [0, 0.1) is 6.92 Å². The summed E-state index contributed by atoms with van der Waals surface area (Å²) in [6.45, 7) is 7.73. The van der Waals surface area contributed by atoms with Gasteiger partial charge in [0.2, 0.25) is 11.8 Å². The molecule has 0 saturated heterocycles. The van der Waals surface area contributed by atoms with E-state index in [2.05, 4.69) is 19.2 Å². The maximum absolute atomic E-state index is 12.1. The van der Waals surface area contributed by atoms with Gasteiger partial charge in [-0.3, -0.25) is 9.59 Å². The molecule has 0 bridgehead atoms. The normalized spacial score (nSPS) is 10.3. The van der Waals surface area contributed by atoms with Gasteiger partial charge in [-0.25, -0.2) is 0 Å². The Morgan fingerprint density at radius 3 is 2.18 bits per heavy atom. The van der Waals surface area contributed by atoms with Gasteiger partial charge in [-0.2, -0.15) is 0 Å². The van der Waals surface area contributed by atoms with Crippen LogP contribution in [0.25, 0.3) is 0 Å². The van der Waals surface area contributed by atoms with E-state index in [1.165, 1.54) is 11.8 Å². The molecule has 0 radical (unpaired) electrons. The summed E-state index contributed by atoms with van der Waals surface area (Å²) < 4.78 is 0. The van der Waals surface area contributed by atoms with E-state index in [4.69, 9.17) is 0 Å². The second kappa shape index (κ2) is 10.3. The Balaban J connectivity index is 2.31. The molecule has 22 heavy (non-hydrogen) atoms. The summed E-state index contributed by atoms with van der Waals surface area (Å²) in [5.74, 6) is 0.712. The number of rotatable bonds is 9. The Hall–Kier alpha value is -1.49. The highest BCUT2D eigenvalue weighted by Crippen LogP contribution is 2.10. The maximum atomic E-state index is 12.1. The monoisotopic (exact) mass is 322 g/mol. The Morgan fingerprint density at radius 1 is 1.05 bits per heavy atom. The molecule has 0 heterocycles. The molecule has 122 valence electrons. The lowest BCUT2D eigenvalue weighted by Crippen LogP contribution is -2.34. The minimum atomic E-state index is -0.0702. The molecule has 0 unspecified atom stereocenters. The zero-order chi connectivity index (χ0) is 16.4. The van der Waals surface area contributed by atoms with Gasteiger partial charge in [0.1, 0.15) is 0 Å². The highest BCUT2D eigenvalue weighted by molar-refractivity contribution is 8.00. The number of nitrogens with one attached hydrogen (secondary N) is 1. The molecule has 0 saturated carbocycles. The smallest absolute Gasteiger partial charge is 0.234 e. The predicted molar refractivity (Wildman–Crippen MR) is 94.3 cm³/mol. The van der Waals surface area contributed by atoms with Crippen molar-refractivity contribution in [3.8, 4) is 0 Å².